The standard InChI is InChI=1S/C26H24Cl2N2O/c27-21-7-8-24(25(28)14-21)19-4-1-3-17(11-19)18-6-9-26-20(12-18)13-22(29-26)15-30-10-2-5-23(30)16-31/h1,3-4,6-9,11-14,23,29,31H,2,5,10,15-16H2/t23-/m1/s1. The van der Waals surface area contributed by atoms with Crippen LogP contribution in [0.15, 0.2) is 66.7 Å². The van der Waals surface area contributed by atoms with Gasteiger partial charge < -0.3 is 10.1 Å². The molecule has 0 amide bonds. The number of aliphatic hydroxyl groups excluding tert-OH is 1. The third-order valence-corrected chi connectivity index (χ3v) is 6.75. The van der Waals surface area contributed by atoms with Gasteiger partial charge in [-0.2, -0.15) is 0 Å². The smallest absolute Gasteiger partial charge is 0.0587 e. The number of nitrogens with one attached hydrogen (secondary N) is 1. The molecule has 0 bridgehead atoms. The maximum Gasteiger partial charge on any atom is 0.0587 e. The van der Waals surface area contributed by atoms with E-state index >= 15 is 0 Å². The van der Waals surface area contributed by atoms with Gasteiger partial charge in [0, 0.05) is 44.8 Å². The number of rotatable bonds is 5. The summed E-state index contributed by atoms with van der Waals surface area (Å²) in [6, 6.07) is 23.1. The van der Waals surface area contributed by atoms with Gasteiger partial charge in [0.1, 0.15) is 0 Å². The Labute approximate surface area is 192 Å². The van der Waals surface area contributed by atoms with Crippen LogP contribution in [0.1, 0.15) is 18.5 Å². The molecular weight excluding hydrogens is 427 g/mol. The second kappa shape index (κ2) is 8.68. The molecule has 0 unspecified atom stereocenters. The Hall–Kier alpha value is -2.30. The molecule has 3 nitrogen and oxygen atoms in total. The minimum atomic E-state index is 0.234. The van der Waals surface area contributed by atoms with E-state index in [1.165, 1.54) is 16.6 Å². The van der Waals surface area contributed by atoms with Crippen molar-refractivity contribution in [3.05, 3.63) is 82.5 Å². The summed E-state index contributed by atoms with van der Waals surface area (Å²) in [6.07, 6.45) is 2.23. The predicted molar refractivity (Wildman–Crippen MR) is 130 cm³/mol. The Morgan fingerprint density at radius 1 is 0.935 bits per heavy atom. The van der Waals surface area contributed by atoms with Gasteiger partial charge in [-0.25, -0.2) is 0 Å². The second-order valence-electron chi connectivity index (χ2n) is 8.25. The fourth-order valence-corrected chi connectivity index (χ4v) is 5.09. The molecule has 4 aromatic rings. The number of likely N-dealkylation sites (tertiary alicyclic amines) is 1. The largest absolute Gasteiger partial charge is 0.395 e. The van der Waals surface area contributed by atoms with Gasteiger partial charge in [0.05, 0.1) is 6.61 Å². The lowest BCUT2D eigenvalue weighted by atomic mass is 9.98. The molecule has 2 N–H and O–H groups in total. The highest BCUT2D eigenvalue weighted by atomic mass is 35.5. The number of fused-ring (bicyclic) bond motifs is 1. The first-order valence-electron chi connectivity index (χ1n) is 10.6. The molecule has 3 aromatic carbocycles. The van der Waals surface area contributed by atoms with Crippen molar-refractivity contribution in [2.24, 2.45) is 0 Å². The first-order chi connectivity index (χ1) is 15.1. The van der Waals surface area contributed by atoms with Gasteiger partial charge in [-0.05, 0) is 72.5 Å². The van der Waals surface area contributed by atoms with Crippen LogP contribution in [-0.4, -0.2) is 34.2 Å². The van der Waals surface area contributed by atoms with E-state index in [0.29, 0.717) is 10.0 Å². The van der Waals surface area contributed by atoms with Crippen LogP contribution in [0.4, 0.5) is 0 Å². The topological polar surface area (TPSA) is 39.3 Å². The number of halogens is 2. The minimum Gasteiger partial charge on any atom is -0.395 e. The average Bonchev–Trinajstić information content (AvgIpc) is 3.39. The van der Waals surface area contributed by atoms with E-state index in [0.717, 1.165) is 48.1 Å². The molecule has 1 fully saturated rings. The lowest BCUT2D eigenvalue weighted by Gasteiger charge is -2.21. The van der Waals surface area contributed by atoms with Crippen LogP contribution in [0.25, 0.3) is 33.2 Å². The van der Waals surface area contributed by atoms with Crippen LogP contribution in [0.2, 0.25) is 10.0 Å². The molecule has 1 aliphatic rings. The van der Waals surface area contributed by atoms with Crippen molar-refractivity contribution in [1.29, 1.82) is 0 Å². The van der Waals surface area contributed by atoms with E-state index in [1.54, 1.807) is 6.07 Å². The fraction of sp³-hybridized carbons (Fsp3) is 0.231. The Kier molecular flexibility index (Phi) is 5.77. The van der Waals surface area contributed by atoms with E-state index in [-0.39, 0.29) is 12.6 Å². The van der Waals surface area contributed by atoms with Gasteiger partial charge in [0.25, 0.3) is 0 Å². The minimum absolute atomic E-state index is 0.234. The molecule has 1 aromatic heterocycles. The number of H-pyrrole nitrogens is 1. The Bertz CT molecular complexity index is 1230. The van der Waals surface area contributed by atoms with Gasteiger partial charge in [-0.1, -0.05) is 53.5 Å². The normalized spacial score (nSPS) is 16.9. The summed E-state index contributed by atoms with van der Waals surface area (Å²) in [4.78, 5) is 5.91. The molecular formula is C26H24Cl2N2O. The second-order valence-corrected chi connectivity index (χ2v) is 9.09. The highest BCUT2D eigenvalue weighted by molar-refractivity contribution is 6.36. The third kappa shape index (κ3) is 4.24. The Balaban J connectivity index is 1.44. The maximum atomic E-state index is 9.59. The Morgan fingerprint density at radius 2 is 1.77 bits per heavy atom. The summed E-state index contributed by atoms with van der Waals surface area (Å²) in [7, 11) is 0. The van der Waals surface area contributed by atoms with E-state index in [1.807, 2.05) is 12.1 Å². The molecule has 158 valence electrons. The van der Waals surface area contributed by atoms with Gasteiger partial charge in [-0.15, -0.1) is 0 Å². The van der Waals surface area contributed by atoms with Gasteiger partial charge in [0.15, 0.2) is 0 Å². The van der Waals surface area contributed by atoms with Crippen molar-refractivity contribution >= 4 is 34.1 Å². The van der Waals surface area contributed by atoms with Crippen molar-refractivity contribution < 1.29 is 5.11 Å². The monoisotopic (exact) mass is 450 g/mol. The molecule has 5 rings (SSSR count). The maximum absolute atomic E-state index is 9.59. The van der Waals surface area contributed by atoms with E-state index < -0.39 is 0 Å². The highest BCUT2D eigenvalue weighted by Gasteiger charge is 2.24. The quantitative estimate of drug-likeness (QED) is 0.352. The van der Waals surface area contributed by atoms with Gasteiger partial charge in [-0.3, -0.25) is 4.90 Å². The van der Waals surface area contributed by atoms with Crippen molar-refractivity contribution in [2.75, 3.05) is 13.2 Å². The van der Waals surface area contributed by atoms with Crippen LogP contribution in [0, 0.1) is 0 Å². The van der Waals surface area contributed by atoms with Crippen molar-refractivity contribution in [3.63, 3.8) is 0 Å². The van der Waals surface area contributed by atoms with E-state index in [2.05, 4.69) is 58.4 Å². The summed E-state index contributed by atoms with van der Waals surface area (Å²) >= 11 is 12.5. The molecule has 0 spiro atoms. The molecule has 31 heavy (non-hydrogen) atoms. The van der Waals surface area contributed by atoms with Crippen LogP contribution < -0.4 is 0 Å². The average molecular weight is 451 g/mol. The highest BCUT2D eigenvalue weighted by Crippen LogP contribution is 2.33. The molecule has 1 atom stereocenters. The first kappa shape index (κ1) is 20.6. The van der Waals surface area contributed by atoms with E-state index in [9.17, 15) is 5.11 Å². The van der Waals surface area contributed by atoms with Gasteiger partial charge >= 0.3 is 0 Å². The van der Waals surface area contributed by atoms with Crippen LogP contribution in [0.3, 0.4) is 0 Å². The van der Waals surface area contributed by atoms with Crippen LogP contribution in [0.5, 0.6) is 0 Å². The summed E-state index contributed by atoms with van der Waals surface area (Å²) in [5.41, 5.74) is 6.68. The summed E-state index contributed by atoms with van der Waals surface area (Å²) in [5, 5.41) is 12.1. The van der Waals surface area contributed by atoms with Crippen molar-refractivity contribution in [2.45, 2.75) is 25.4 Å². The number of benzene rings is 3. The lowest BCUT2D eigenvalue weighted by molar-refractivity contribution is 0.152. The molecule has 0 radical (unpaired) electrons. The SMILES string of the molecule is OC[C@H]1CCCN1Cc1cc2cc(-c3cccc(-c4ccc(Cl)cc4Cl)c3)ccc2[nH]1. The zero-order valence-corrected chi connectivity index (χ0v) is 18.6. The third-order valence-electron chi connectivity index (χ3n) is 6.20. The number of aromatic nitrogens is 1. The predicted octanol–water partition coefficient (Wildman–Crippen LogP) is 6.77. The number of hydrogen-bond acceptors (Lipinski definition) is 2. The summed E-state index contributed by atoms with van der Waals surface area (Å²) in [6.45, 7) is 2.13. The summed E-state index contributed by atoms with van der Waals surface area (Å²) in [5.74, 6) is 0. The lowest BCUT2D eigenvalue weighted by Crippen LogP contribution is -2.31. The molecule has 1 saturated heterocycles. The van der Waals surface area contributed by atoms with Gasteiger partial charge in [0.2, 0.25) is 0 Å². The summed E-state index contributed by atoms with van der Waals surface area (Å²) < 4.78 is 0. The Morgan fingerprint density at radius 3 is 2.61 bits per heavy atom. The number of aliphatic hydroxyl groups is 1. The van der Waals surface area contributed by atoms with Crippen LogP contribution in [-0.2, 0) is 6.54 Å². The van der Waals surface area contributed by atoms with E-state index in [4.69, 9.17) is 23.2 Å². The number of aromatic amines is 1. The zero-order valence-electron chi connectivity index (χ0n) is 17.1. The van der Waals surface area contributed by atoms with Crippen molar-refractivity contribution in [3.8, 4) is 22.3 Å². The number of nitrogens with zero attached hydrogens (tertiary/aromatic N) is 1. The fourth-order valence-electron chi connectivity index (χ4n) is 4.58. The molecule has 0 saturated carbocycles. The first-order valence-corrected chi connectivity index (χ1v) is 11.4. The van der Waals surface area contributed by atoms with Crippen molar-refractivity contribution in [1.82, 2.24) is 9.88 Å². The van der Waals surface area contributed by atoms with Crippen LogP contribution >= 0.6 is 23.2 Å². The molecule has 5 heteroatoms. The molecule has 1 aliphatic heterocycles. The molecule has 2 heterocycles. The number of hydrogen-bond donors (Lipinski definition) is 2. The molecule has 0 aliphatic carbocycles. The zero-order chi connectivity index (χ0) is 21.4.